The first-order valence-electron chi connectivity index (χ1n) is 12.9. The first-order chi connectivity index (χ1) is 20.5. The Morgan fingerprint density at radius 2 is 1.83 bits per heavy atom. The van der Waals surface area contributed by atoms with Crippen LogP contribution < -0.4 is 19.6 Å². The normalized spacial score (nSPS) is 11.9. The summed E-state index contributed by atoms with van der Waals surface area (Å²) < 4.78 is 28.6. The molecule has 3 heterocycles. The third kappa shape index (κ3) is 5.48. The number of nitrogens with zero attached hydrogens (tertiary/aromatic N) is 5. The summed E-state index contributed by atoms with van der Waals surface area (Å²) in [6.45, 7) is 4.09. The molecule has 0 amide bonds. The van der Waals surface area contributed by atoms with E-state index in [4.69, 9.17) is 14.6 Å². The zero-order valence-electron chi connectivity index (χ0n) is 22.5. The van der Waals surface area contributed by atoms with Crippen LogP contribution in [0.4, 0.5) is 4.39 Å². The molecule has 0 aliphatic heterocycles. The van der Waals surface area contributed by atoms with Crippen molar-refractivity contribution < 1.29 is 13.9 Å². The van der Waals surface area contributed by atoms with Crippen LogP contribution in [0.1, 0.15) is 17.0 Å². The zero-order valence-corrected chi connectivity index (χ0v) is 23.3. The molecule has 6 rings (SSSR count). The largest absolute Gasteiger partial charge is 0.494 e. The fraction of sp³-hybridized carbons (Fsp3) is 0.0625. The molecule has 10 heteroatoms. The van der Waals surface area contributed by atoms with Crippen LogP contribution in [0.5, 0.6) is 11.5 Å². The maximum Gasteiger partial charge on any atom is 0.291 e. The minimum Gasteiger partial charge on any atom is -0.494 e. The van der Waals surface area contributed by atoms with Gasteiger partial charge < -0.3 is 9.47 Å². The van der Waals surface area contributed by atoms with Crippen molar-refractivity contribution in [3.8, 4) is 28.4 Å². The molecule has 3 aromatic carbocycles. The Kier molecular flexibility index (Phi) is 7.44. The van der Waals surface area contributed by atoms with E-state index in [1.807, 2.05) is 66.9 Å². The Morgan fingerprint density at radius 3 is 2.55 bits per heavy atom. The molecular weight excluding hydrogens is 553 g/mol. The molecular formula is C32H24FN5O3S. The van der Waals surface area contributed by atoms with Crippen molar-refractivity contribution in [3.05, 3.63) is 129 Å². The maximum atomic E-state index is 14.6. The molecule has 0 aliphatic carbocycles. The minimum absolute atomic E-state index is 0.138. The molecule has 0 N–H and O–H groups in total. The Labute approximate surface area is 243 Å². The van der Waals surface area contributed by atoms with E-state index in [0.717, 1.165) is 17.0 Å². The second-order valence-corrected chi connectivity index (χ2v) is 10.2. The van der Waals surface area contributed by atoms with Crippen LogP contribution in [0.3, 0.4) is 0 Å². The number of thiazole rings is 1. The molecule has 0 fully saturated rings. The summed E-state index contributed by atoms with van der Waals surface area (Å²) >= 11 is 1.22. The van der Waals surface area contributed by atoms with Gasteiger partial charge in [0.05, 0.1) is 17.3 Å². The monoisotopic (exact) mass is 577 g/mol. The number of benzene rings is 3. The second-order valence-electron chi connectivity index (χ2n) is 9.14. The molecule has 0 aliphatic rings. The van der Waals surface area contributed by atoms with Gasteiger partial charge in [-0.3, -0.25) is 4.79 Å². The van der Waals surface area contributed by atoms with Gasteiger partial charge in [0.25, 0.3) is 5.56 Å². The number of ether oxygens (including phenoxy) is 2. The number of rotatable bonds is 9. The smallest absolute Gasteiger partial charge is 0.291 e. The highest BCUT2D eigenvalue weighted by Crippen LogP contribution is 2.28. The molecule has 3 aromatic heterocycles. The maximum absolute atomic E-state index is 14.6. The van der Waals surface area contributed by atoms with Gasteiger partial charge in [0.1, 0.15) is 18.1 Å². The Hall–Kier alpha value is -5.35. The number of para-hydroxylation sites is 1. The highest BCUT2D eigenvalue weighted by atomic mass is 32.1. The van der Waals surface area contributed by atoms with E-state index in [0.29, 0.717) is 38.7 Å². The van der Waals surface area contributed by atoms with Crippen molar-refractivity contribution in [1.82, 2.24) is 24.4 Å². The summed E-state index contributed by atoms with van der Waals surface area (Å²) in [4.78, 5) is 18.3. The van der Waals surface area contributed by atoms with Crippen molar-refractivity contribution in [2.24, 2.45) is 0 Å². The number of fused-ring (bicyclic) bond motifs is 1. The van der Waals surface area contributed by atoms with Gasteiger partial charge in [0.15, 0.2) is 17.4 Å². The fourth-order valence-electron chi connectivity index (χ4n) is 4.31. The predicted molar refractivity (Wildman–Crippen MR) is 162 cm³/mol. The van der Waals surface area contributed by atoms with Crippen LogP contribution in [-0.2, 0) is 0 Å². The second kappa shape index (κ2) is 11.6. The number of hydrogen-bond acceptors (Lipinski definition) is 7. The van der Waals surface area contributed by atoms with Gasteiger partial charge in [0, 0.05) is 17.3 Å². The number of halogens is 1. The summed E-state index contributed by atoms with van der Waals surface area (Å²) in [5.74, 6) is 0.805. The van der Waals surface area contributed by atoms with E-state index in [-0.39, 0.29) is 11.3 Å². The number of hydrogen-bond donors (Lipinski definition) is 0. The summed E-state index contributed by atoms with van der Waals surface area (Å²) in [5, 5.41) is 9.11. The van der Waals surface area contributed by atoms with Gasteiger partial charge >= 0.3 is 0 Å². The lowest BCUT2D eigenvalue weighted by Gasteiger charge is -2.04. The van der Waals surface area contributed by atoms with Crippen LogP contribution in [0.25, 0.3) is 40.1 Å². The zero-order chi connectivity index (χ0) is 29.1. The van der Waals surface area contributed by atoms with Gasteiger partial charge in [-0.05, 0) is 60.2 Å². The summed E-state index contributed by atoms with van der Waals surface area (Å²) in [7, 11) is 1.41. The van der Waals surface area contributed by atoms with Crippen molar-refractivity contribution in [3.63, 3.8) is 0 Å². The van der Waals surface area contributed by atoms with Gasteiger partial charge in [-0.2, -0.15) is 14.6 Å². The van der Waals surface area contributed by atoms with Crippen molar-refractivity contribution in [2.75, 3.05) is 13.7 Å². The number of aromatic nitrogens is 5. The van der Waals surface area contributed by atoms with Crippen LogP contribution in [-0.4, -0.2) is 38.1 Å². The molecule has 0 saturated carbocycles. The average molecular weight is 578 g/mol. The molecule has 0 spiro atoms. The topological polar surface area (TPSA) is 83.5 Å². The number of methoxy groups -OCH3 is 1. The first kappa shape index (κ1) is 26.9. The lowest BCUT2D eigenvalue weighted by molar-refractivity contribution is 0.363. The van der Waals surface area contributed by atoms with Crippen LogP contribution >= 0.6 is 11.3 Å². The Balaban J connectivity index is 1.34. The predicted octanol–water partition coefficient (Wildman–Crippen LogP) is 5.43. The highest BCUT2D eigenvalue weighted by molar-refractivity contribution is 7.15. The van der Waals surface area contributed by atoms with E-state index in [1.54, 1.807) is 35.0 Å². The lowest BCUT2D eigenvalue weighted by Crippen LogP contribution is -2.23. The molecule has 0 bridgehead atoms. The van der Waals surface area contributed by atoms with E-state index in [1.165, 1.54) is 29.0 Å². The van der Waals surface area contributed by atoms with Crippen molar-refractivity contribution in [1.29, 1.82) is 0 Å². The van der Waals surface area contributed by atoms with Crippen LogP contribution in [0.15, 0.2) is 96.4 Å². The Bertz CT molecular complexity index is 2030. The van der Waals surface area contributed by atoms with E-state index in [9.17, 15) is 9.18 Å². The SMILES string of the molecule is C=CCOc1ccc(/C=C/c2nc3s/c(=C\c4cn(-c5ccccc5)nc4-c4ccc(OC)c(F)c4)c(=O)n3n2)cc1. The van der Waals surface area contributed by atoms with Gasteiger partial charge in [0.2, 0.25) is 4.96 Å². The molecule has 0 radical (unpaired) electrons. The van der Waals surface area contributed by atoms with Gasteiger partial charge in [-0.25, -0.2) is 9.07 Å². The van der Waals surface area contributed by atoms with Crippen LogP contribution in [0, 0.1) is 5.82 Å². The minimum atomic E-state index is -0.504. The fourth-order valence-corrected chi connectivity index (χ4v) is 5.21. The molecule has 8 nitrogen and oxygen atoms in total. The molecule has 0 saturated heterocycles. The molecule has 208 valence electrons. The molecule has 0 atom stereocenters. The summed E-state index contributed by atoms with van der Waals surface area (Å²) in [6.07, 6.45) is 8.85. The van der Waals surface area contributed by atoms with E-state index >= 15 is 0 Å². The van der Waals surface area contributed by atoms with Crippen molar-refractivity contribution in [2.45, 2.75) is 0 Å². The highest BCUT2D eigenvalue weighted by Gasteiger charge is 2.15. The summed E-state index contributed by atoms with van der Waals surface area (Å²) in [6, 6.07) is 21.8. The average Bonchev–Trinajstić information content (AvgIpc) is 3.70. The summed E-state index contributed by atoms with van der Waals surface area (Å²) in [5.41, 5.74) is 3.18. The third-order valence-electron chi connectivity index (χ3n) is 6.35. The van der Waals surface area contributed by atoms with E-state index in [2.05, 4.69) is 16.7 Å². The lowest BCUT2D eigenvalue weighted by atomic mass is 10.1. The van der Waals surface area contributed by atoms with Crippen molar-refractivity contribution >= 4 is 34.5 Å². The molecule has 0 unspecified atom stereocenters. The Morgan fingerprint density at radius 1 is 1.02 bits per heavy atom. The molecule has 6 aromatic rings. The first-order valence-corrected chi connectivity index (χ1v) is 13.8. The third-order valence-corrected chi connectivity index (χ3v) is 7.31. The standard InChI is InChI=1S/C32H24FN5O3S/c1-3-17-41-25-13-9-21(10-14-25)11-16-29-34-32-38(35-29)31(39)28(42-32)19-23-20-37(24-7-5-4-6-8-24)36-30(23)22-12-15-27(40-2)26(33)18-22/h3-16,18-20H,1,17H2,2H3/b16-11+,28-19-. The quantitative estimate of drug-likeness (QED) is 0.213. The van der Waals surface area contributed by atoms with E-state index < -0.39 is 5.82 Å². The molecule has 42 heavy (non-hydrogen) atoms. The van der Waals surface area contributed by atoms with Gasteiger partial charge in [-0.15, -0.1) is 5.10 Å². The van der Waals surface area contributed by atoms with Gasteiger partial charge in [-0.1, -0.05) is 60.4 Å². The van der Waals surface area contributed by atoms with Crippen LogP contribution in [0.2, 0.25) is 0 Å².